The average Bonchev–Trinajstić information content (AvgIpc) is 3.03. The van der Waals surface area contributed by atoms with Gasteiger partial charge in [-0.3, -0.25) is 0 Å². The monoisotopic (exact) mass is 268 g/mol. The molecule has 2 aromatic rings. The molecular weight excluding hydrogens is 252 g/mol. The summed E-state index contributed by atoms with van der Waals surface area (Å²) in [7, 11) is 1.67. The number of methoxy groups -OCH3 is 1. The van der Waals surface area contributed by atoms with Crippen molar-refractivity contribution in [3.8, 4) is 0 Å². The lowest BCUT2D eigenvalue weighted by atomic mass is 10.3. The Labute approximate surface area is 109 Å². The molecule has 7 heteroatoms. The highest BCUT2D eigenvalue weighted by Gasteiger charge is 2.05. The van der Waals surface area contributed by atoms with Crippen LogP contribution in [0.2, 0.25) is 0 Å². The van der Waals surface area contributed by atoms with Gasteiger partial charge < -0.3 is 19.8 Å². The van der Waals surface area contributed by atoms with Crippen LogP contribution >= 0.6 is 11.3 Å². The third-order valence-electron chi connectivity index (χ3n) is 2.25. The van der Waals surface area contributed by atoms with Crippen molar-refractivity contribution >= 4 is 17.4 Å². The second-order valence-corrected chi connectivity index (χ2v) is 4.44. The van der Waals surface area contributed by atoms with E-state index in [9.17, 15) is 0 Å². The van der Waals surface area contributed by atoms with Gasteiger partial charge in [-0.15, -0.1) is 5.10 Å². The molecule has 18 heavy (non-hydrogen) atoms. The normalized spacial score (nSPS) is 10.7. The van der Waals surface area contributed by atoms with E-state index in [1.165, 1.54) is 5.56 Å². The SMILES string of the molecule is COCCNCc1nnc(NCc2ccsc2)o1. The molecule has 0 aliphatic rings. The molecule has 0 amide bonds. The summed E-state index contributed by atoms with van der Waals surface area (Å²) in [5, 5.41) is 18.2. The van der Waals surface area contributed by atoms with Gasteiger partial charge in [-0.05, 0) is 22.4 Å². The van der Waals surface area contributed by atoms with E-state index in [1.807, 2.05) is 5.38 Å². The van der Waals surface area contributed by atoms with Gasteiger partial charge in [0.1, 0.15) is 0 Å². The molecule has 0 aliphatic heterocycles. The summed E-state index contributed by atoms with van der Waals surface area (Å²) in [5.41, 5.74) is 1.21. The van der Waals surface area contributed by atoms with Crippen LogP contribution in [0.25, 0.3) is 0 Å². The van der Waals surface area contributed by atoms with E-state index in [0.717, 1.165) is 6.54 Å². The molecule has 0 fully saturated rings. The van der Waals surface area contributed by atoms with E-state index in [1.54, 1.807) is 18.4 Å². The number of rotatable bonds is 8. The molecule has 98 valence electrons. The number of aromatic nitrogens is 2. The molecule has 0 atom stereocenters. The number of nitrogens with zero attached hydrogens (tertiary/aromatic N) is 2. The van der Waals surface area contributed by atoms with Crippen molar-refractivity contribution in [1.82, 2.24) is 15.5 Å². The summed E-state index contributed by atoms with van der Waals surface area (Å²) in [6.07, 6.45) is 0. The number of hydrogen-bond donors (Lipinski definition) is 2. The van der Waals surface area contributed by atoms with Gasteiger partial charge in [-0.25, -0.2) is 0 Å². The van der Waals surface area contributed by atoms with E-state index < -0.39 is 0 Å². The standard InChI is InChI=1S/C11H16N4O2S/c1-16-4-3-12-7-10-14-15-11(17-10)13-6-9-2-5-18-8-9/h2,5,8,12H,3-4,6-7H2,1H3,(H,13,15). The number of thiophene rings is 1. The summed E-state index contributed by atoms with van der Waals surface area (Å²) >= 11 is 1.67. The van der Waals surface area contributed by atoms with Crippen molar-refractivity contribution in [2.45, 2.75) is 13.1 Å². The van der Waals surface area contributed by atoms with Gasteiger partial charge in [0.2, 0.25) is 5.89 Å². The Balaban J connectivity index is 1.72. The van der Waals surface area contributed by atoms with Crippen LogP contribution in [0.3, 0.4) is 0 Å². The van der Waals surface area contributed by atoms with Crippen LogP contribution in [0, 0.1) is 0 Å². The minimum atomic E-state index is 0.449. The zero-order chi connectivity index (χ0) is 12.6. The average molecular weight is 268 g/mol. The molecule has 2 rings (SSSR count). The first kappa shape index (κ1) is 13.0. The van der Waals surface area contributed by atoms with Gasteiger partial charge in [0, 0.05) is 20.2 Å². The van der Waals surface area contributed by atoms with Gasteiger partial charge in [0.15, 0.2) is 0 Å². The molecule has 0 aromatic carbocycles. The molecule has 2 aromatic heterocycles. The first-order valence-corrected chi connectivity index (χ1v) is 6.60. The van der Waals surface area contributed by atoms with Gasteiger partial charge in [-0.2, -0.15) is 11.3 Å². The number of ether oxygens (including phenoxy) is 1. The lowest BCUT2D eigenvalue weighted by molar-refractivity contribution is 0.198. The molecule has 0 spiro atoms. The van der Waals surface area contributed by atoms with Gasteiger partial charge >= 0.3 is 6.01 Å². The highest BCUT2D eigenvalue weighted by Crippen LogP contribution is 2.10. The quantitative estimate of drug-likeness (QED) is 0.707. The molecule has 0 bridgehead atoms. The summed E-state index contributed by atoms with van der Waals surface area (Å²) < 4.78 is 10.4. The van der Waals surface area contributed by atoms with E-state index in [4.69, 9.17) is 9.15 Å². The Kier molecular flexibility index (Phi) is 5.13. The van der Waals surface area contributed by atoms with Gasteiger partial charge in [0.25, 0.3) is 0 Å². The Morgan fingerprint density at radius 2 is 2.33 bits per heavy atom. The first-order chi connectivity index (χ1) is 8.88. The Hall–Kier alpha value is -1.44. The maximum atomic E-state index is 5.43. The molecule has 0 radical (unpaired) electrons. The van der Waals surface area contributed by atoms with Crippen LogP contribution in [0.4, 0.5) is 6.01 Å². The molecule has 6 nitrogen and oxygen atoms in total. The molecule has 2 N–H and O–H groups in total. The second-order valence-electron chi connectivity index (χ2n) is 3.66. The summed E-state index contributed by atoms with van der Waals surface area (Å²) in [6.45, 7) is 2.67. The fraction of sp³-hybridized carbons (Fsp3) is 0.455. The van der Waals surface area contributed by atoms with Gasteiger partial charge in [-0.1, -0.05) is 5.10 Å². The van der Waals surface area contributed by atoms with Crippen molar-refractivity contribution in [3.05, 3.63) is 28.3 Å². The smallest absolute Gasteiger partial charge is 0.315 e. The summed E-state index contributed by atoms with van der Waals surface area (Å²) in [4.78, 5) is 0. The Morgan fingerprint density at radius 3 is 3.11 bits per heavy atom. The van der Waals surface area contributed by atoms with E-state index in [0.29, 0.717) is 31.6 Å². The topological polar surface area (TPSA) is 72.2 Å². The maximum Gasteiger partial charge on any atom is 0.315 e. The van der Waals surface area contributed by atoms with Crippen LogP contribution in [0.15, 0.2) is 21.2 Å². The maximum absolute atomic E-state index is 5.43. The van der Waals surface area contributed by atoms with Crippen LogP contribution in [-0.2, 0) is 17.8 Å². The van der Waals surface area contributed by atoms with Crippen molar-refractivity contribution in [1.29, 1.82) is 0 Å². The number of nitrogens with one attached hydrogen (secondary N) is 2. The fourth-order valence-electron chi connectivity index (χ4n) is 1.34. The predicted molar refractivity (Wildman–Crippen MR) is 69.5 cm³/mol. The van der Waals surface area contributed by atoms with Crippen LogP contribution in [-0.4, -0.2) is 30.5 Å². The largest absolute Gasteiger partial charge is 0.407 e. The van der Waals surface area contributed by atoms with E-state index in [2.05, 4.69) is 32.3 Å². The van der Waals surface area contributed by atoms with E-state index in [-0.39, 0.29) is 0 Å². The summed E-state index contributed by atoms with van der Waals surface area (Å²) in [5.74, 6) is 0.568. The Bertz CT molecular complexity index is 444. The van der Waals surface area contributed by atoms with Crippen molar-refractivity contribution in [2.75, 3.05) is 25.6 Å². The lowest BCUT2D eigenvalue weighted by Gasteiger charge is -1.99. The highest BCUT2D eigenvalue weighted by atomic mass is 32.1. The molecule has 0 saturated heterocycles. The lowest BCUT2D eigenvalue weighted by Crippen LogP contribution is -2.18. The van der Waals surface area contributed by atoms with Crippen LogP contribution in [0.1, 0.15) is 11.5 Å². The van der Waals surface area contributed by atoms with Crippen molar-refractivity contribution in [3.63, 3.8) is 0 Å². The minimum Gasteiger partial charge on any atom is -0.407 e. The van der Waals surface area contributed by atoms with E-state index >= 15 is 0 Å². The third-order valence-corrected chi connectivity index (χ3v) is 2.98. The molecule has 0 saturated carbocycles. The van der Waals surface area contributed by atoms with Crippen molar-refractivity contribution in [2.24, 2.45) is 0 Å². The second kappa shape index (κ2) is 7.10. The predicted octanol–water partition coefficient (Wildman–Crippen LogP) is 1.48. The van der Waals surface area contributed by atoms with Crippen LogP contribution in [0.5, 0.6) is 0 Å². The van der Waals surface area contributed by atoms with Crippen molar-refractivity contribution < 1.29 is 9.15 Å². The number of anilines is 1. The van der Waals surface area contributed by atoms with Gasteiger partial charge in [0.05, 0.1) is 13.2 Å². The molecule has 0 aliphatic carbocycles. The molecular formula is C11H16N4O2S. The Morgan fingerprint density at radius 1 is 1.39 bits per heavy atom. The molecule has 0 unspecified atom stereocenters. The minimum absolute atomic E-state index is 0.449. The zero-order valence-corrected chi connectivity index (χ0v) is 11.0. The fourth-order valence-corrected chi connectivity index (χ4v) is 2.01. The first-order valence-electron chi connectivity index (χ1n) is 5.65. The zero-order valence-electron chi connectivity index (χ0n) is 10.2. The highest BCUT2D eigenvalue weighted by molar-refractivity contribution is 7.07. The summed E-state index contributed by atoms with van der Waals surface area (Å²) in [6, 6.07) is 2.51. The molecule has 2 heterocycles. The third kappa shape index (κ3) is 4.10. The van der Waals surface area contributed by atoms with Crippen LogP contribution < -0.4 is 10.6 Å². The number of hydrogen-bond acceptors (Lipinski definition) is 7.